The van der Waals surface area contributed by atoms with Crippen molar-refractivity contribution in [2.75, 3.05) is 11.4 Å². The van der Waals surface area contributed by atoms with Gasteiger partial charge in [-0.1, -0.05) is 12.1 Å². The van der Waals surface area contributed by atoms with Crippen LogP contribution >= 0.6 is 0 Å². The van der Waals surface area contributed by atoms with Crippen LogP contribution in [0, 0.1) is 5.82 Å². The molecule has 0 heterocycles. The number of nitrogens with one attached hydrogen (secondary N) is 1. The van der Waals surface area contributed by atoms with Gasteiger partial charge in [-0.15, -0.1) is 0 Å². The second kappa shape index (κ2) is 5.48. The number of hydrogen-bond acceptors (Lipinski definition) is 2. The Balaban J connectivity index is 1.85. The molecule has 21 heavy (non-hydrogen) atoms. The van der Waals surface area contributed by atoms with E-state index in [9.17, 15) is 17.6 Å². The van der Waals surface area contributed by atoms with Crippen LogP contribution in [-0.4, -0.2) is 24.8 Å². The third-order valence-corrected chi connectivity index (χ3v) is 3.85. The SMILES string of the molecule is Fc1cccc(CNC2CC2)c1N(CC(F)(F)F)C1CC1. The number of benzene rings is 1. The minimum absolute atomic E-state index is 0.116. The zero-order valence-electron chi connectivity index (χ0n) is 11.6. The molecule has 2 saturated carbocycles. The van der Waals surface area contributed by atoms with Gasteiger partial charge in [0.05, 0.1) is 5.69 Å². The summed E-state index contributed by atoms with van der Waals surface area (Å²) >= 11 is 0. The molecule has 0 amide bonds. The topological polar surface area (TPSA) is 15.3 Å². The van der Waals surface area contributed by atoms with Gasteiger partial charge >= 0.3 is 6.18 Å². The molecule has 0 atom stereocenters. The zero-order chi connectivity index (χ0) is 15.0. The quantitative estimate of drug-likeness (QED) is 0.808. The number of hydrogen-bond donors (Lipinski definition) is 1. The van der Waals surface area contributed by atoms with Crippen LogP contribution in [0.3, 0.4) is 0 Å². The van der Waals surface area contributed by atoms with E-state index in [1.165, 1.54) is 11.0 Å². The van der Waals surface area contributed by atoms with Crippen molar-refractivity contribution in [2.24, 2.45) is 0 Å². The van der Waals surface area contributed by atoms with Crippen LogP contribution in [-0.2, 0) is 6.54 Å². The van der Waals surface area contributed by atoms with E-state index in [0.717, 1.165) is 12.8 Å². The number of halogens is 4. The second-order valence-electron chi connectivity index (χ2n) is 5.88. The number of alkyl halides is 3. The van der Waals surface area contributed by atoms with E-state index in [0.29, 0.717) is 31.0 Å². The largest absolute Gasteiger partial charge is 0.405 e. The van der Waals surface area contributed by atoms with Crippen molar-refractivity contribution in [1.82, 2.24) is 5.32 Å². The third-order valence-electron chi connectivity index (χ3n) is 3.85. The lowest BCUT2D eigenvalue weighted by Crippen LogP contribution is -2.37. The van der Waals surface area contributed by atoms with Crippen molar-refractivity contribution in [2.45, 2.75) is 50.5 Å². The molecular weight excluding hydrogens is 284 g/mol. The normalized spacial score (nSPS) is 18.9. The monoisotopic (exact) mass is 302 g/mol. The van der Waals surface area contributed by atoms with Crippen LogP contribution < -0.4 is 10.2 Å². The molecule has 1 N–H and O–H groups in total. The molecule has 2 aliphatic carbocycles. The van der Waals surface area contributed by atoms with Crippen LogP contribution in [0.15, 0.2) is 18.2 Å². The standard InChI is InChI=1S/C15H18F4N2/c16-13-3-1-2-10(8-20-11-4-5-11)14(13)21(12-6-7-12)9-15(17,18)19/h1-3,11-12,20H,4-9H2. The van der Waals surface area contributed by atoms with Crippen LogP contribution in [0.2, 0.25) is 0 Å². The fourth-order valence-corrected chi connectivity index (χ4v) is 2.54. The molecule has 0 spiro atoms. The maximum absolute atomic E-state index is 14.2. The van der Waals surface area contributed by atoms with Gasteiger partial charge < -0.3 is 10.2 Å². The molecule has 116 valence electrons. The van der Waals surface area contributed by atoms with Crippen LogP contribution in [0.25, 0.3) is 0 Å². The van der Waals surface area contributed by atoms with E-state index in [2.05, 4.69) is 5.32 Å². The van der Waals surface area contributed by atoms with Gasteiger partial charge in [-0.05, 0) is 37.3 Å². The maximum Gasteiger partial charge on any atom is 0.405 e. The maximum atomic E-state index is 14.2. The molecule has 2 nitrogen and oxygen atoms in total. The summed E-state index contributed by atoms with van der Waals surface area (Å²) in [6.07, 6.45) is -0.773. The highest BCUT2D eigenvalue weighted by Crippen LogP contribution is 2.37. The van der Waals surface area contributed by atoms with Crippen LogP contribution in [0.1, 0.15) is 31.2 Å². The van der Waals surface area contributed by atoms with Gasteiger partial charge in [0.1, 0.15) is 12.4 Å². The molecule has 1 aromatic carbocycles. The molecule has 1 aromatic rings. The Morgan fingerprint density at radius 2 is 1.86 bits per heavy atom. The molecule has 0 aliphatic heterocycles. The van der Waals surface area contributed by atoms with Gasteiger partial charge in [-0.25, -0.2) is 4.39 Å². The smallest absolute Gasteiger partial charge is 0.357 e. The highest BCUT2D eigenvalue weighted by Gasteiger charge is 2.40. The Kier molecular flexibility index (Phi) is 3.82. The molecular formula is C15H18F4N2. The third kappa shape index (κ3) is 3.87. The Hall–Kier alpha value is -1.30. The molecule has 2 aliphatic rings. The first kappa shape index (κ1) is 14.6. The predicted molar refractivity (Wildman–Crippen MR) is 72.7 cm³/mol. The molecule has 0 radical (unpaired) electrons. The number of para-hydroxylation sites is 1. The van der Waals surface area contributed by atoms with Gasteiger partial charge in [0.25, 0.3) is 0 Å². The summed E-state index contributed by atoms with van der Waals surface area (Å²) < 4.78 is 52.5. The van der Waals surface area contributed by atoms with Crippen LogP contribution in [0.4, 0.5) is 23.2 Å². The molecule has 3 rings (SSSR count). The second-order valence-corrected chi connectivity index (χ2v) is 5.88. The molecule has 0 saturated heterocycles. The zero-order valence-corrected chi connectivity index (χ0v) is 11.6. The summed E-state index contributed by atoms with van der Waals surface area (Å²) in [5.41, 5.74) is 0.725. The lowest BCUT2D eigenvalue weighted by Gasteiger charge is -2.28. The summed E-state index contributed by atoms with van der Waals surface area (Å²) in [7, 11) is 0. The van der Waals surface area contributed by atoms with Gasteiger partial charge in [-0.3, -0.25) is 0 Å². The Bertz CT molecular complexity index is 507. The summed E-state index contributed by atoms with van der Waals surface area (Å²) in [5, 5.41) is 3.24. The summed E-state index contributed by atoms with van der Waals surface area (Å²) in [6.45, 7) is -0.673. The van der Waals surface area contributed by atoms with Crippen molar-refractivity contribution in [3.8, 4) is 0 Å². The summed E-state index contributed by atoms with van der Waals surface area (Å²) in [5.74, 6) is -0.568. The lowest BCUT2D eigenvalue weighted by atomic mass is 10.1. The van der Waals surface area contributed by atoms with Crippen molar-refractivity contribution >= 4 is 5.69 Å². The minimum atomic E-state index is -4.33. The first-order chi connectivity index (χ1) is 9.94. The van der Waals surface area contributed by atoms with Crippen molar-refractivity contribution in [3.63, 3.8) is 0 Å². The van der Waals surface area contributed by atoms with Crippen molar-refractivity contribution < 1.29 is 17.6 Å². The molecule has 0 unspecified atom stereocenters. The van der Waals surface area contributed by atoms with Gasteiger partial charge in [0.2, 0.25) is 0 Å². The fraction of sp³-hybridized carbons (Fsp3) is 0.600. The van der Waals surface area contributed by atoms with E-state index in [1.54, 1.807) is 12.1 Å². The number of anilines is 1. The average molecular weight is 302 g/mol. The highest BCUT2D eigenvalue weighted by atomic mass is 19.4. The fourth-order valence-electron chi connectivity index (χ4n) is 2.54. The lowest BCUT2D eigenvalue weighted by molar-refractivity contribution is -0.120. The molecule has 2 fully saturated rings. The summed E-state index contributed by atoms with van der Waals surface area (Å²) in [4.78, 5) is 1.19. The molecule has 0 aromatic heterocycles. The first-order valence-electron chi connectivity index (χ1n) is 7.28. The van der Waals surface area contributed by atoms with Crippen molar-refractivity contribution in [3.05, 3.63) is 29.6 Å². The Labute approximate surface area is 121 Å². The van der Waals surface area contributed by atoms with Gasteiger partial charge in [0.15, 0.2) is 0 Å². The van der Waals surface area contributed by atoms with E-state index >= 15 is 0 Å². The number of rotatable bonds is 6. The van der Waals surface area contributed by atoms with Gasteiger partial charge in [-0.2, -0.15) is 13.2 Å². The number of nitrogens with zero attached hydrogens (tertiary/aromatic N) is 1. The predicted octanol–water partition coefficient (Wildman–Crippen LogP) is 3.61. The van der Waals surface area contributed by atoms with Crippen molar-refractivity contribution in [1.29, 1.82) is 0 Å². The Morgan fingerprint density at radius 3 is 2.43 bits per heavy atom. The molecule has 0 bridgehead atoms. The summed E-state index contributed by atoms with van der Waals surface area (Å²) in [6, 6.07) is 4.74. The van der Waals surface area contributed by atoms with Crippen LogP contribution in [0.5, 0.6) is 0 Å². The highest BCUT2D eigenvalue weighted by molar-refractivity contribution is 5.57. The minimum Gasteiger partial charge on any atom is -0.357 e. The Morgan fingerprint density at radius 1 is 1.14 bits per heavy atom. The van der Waals surface area contributed by atoms with E-state index < -0.39 is 18.5 Å². The van der Waals surface area contributed by atoms with Gasteiger partial charge in [0, 0.05) is 18.6 Å². The van der Waals surface area contributed by atoms with E-state index in [4.69, 9.17) is 0 Å². The first-order valence-corrected chi connectivity index (χ1v) is 7.28. The average Bonchev–Trinajstić information content (AvgIpc) is 3.26. The van der Waals surface area contributed by atoms with E-state index in [-0.39, 0.29) is 11.7 Å². The molecule has 6 heteroatoms. The van der Waals surface area contributed by atoms with E-state index in [1.807, 2.05) is 0 Å².